The number of aromatic nitrogens is 4. The summed E-state index contributed by atoms with van der Waals surface area (Å²) in [6.45, 7) is 0. The molecule has 0 spiro atoms. The summed E-state index contributed by atoms with van der Waals surface area (Å²) >= 11 is 6.33. The van der Waals surface area contributed by atoms with Crippen LogP contribution in [0, 0.1) is 11.8 Å². The van der Waals surface area contributed by atoms with Gasteiger partial charge in [-0.1, -0.05) is 41.6 Å². The van der Waals surface area contributed by atoms with E-state index in [0.717, 1.165) is 10.1 Å². The number of aromatic amines is 1. The van der Waals surface area contributed by atoms with Crippen molar-refractivity contribution in [2.24, 2.45) is 0 Å². The summed E-state index contributed by atoms with van der Waals surface area (Å²) in [4.78, 5) is 35.3. The number of nitrogens with one attached hydrogen (secondary N) is 1. The maximum absolute atomic E-state index is 12.7. The van der Waals surface area contributed by atoms with Gasteiger partial charge < -0.3 is 0 Å². The maximum Gasteiger partial charge on any atom is 0.334 e. The number of halogens is 1. The van der Waals surface area contributed by atoms with Crippen LogP contribution < -0.4 is 11.2 Å². The van der Waals surface area contributed by atoms with Crippen molar-refractivity contribution in [2.75, 3.05) is 0 Å². The van der Waals surface area contributed by atoms with Gasteiger partial charge in [-0.25, -0.2) is 19.3 Å². The first-order chi connectivity index (χ1) is 13.1. The van der Waals surface area contributed by atoms with Crippen LogP contribution >= 0.6 is 11.6 Å². The van der Waals surface area contributed by atoms with Crippen molar-refractivity contribution in [2.45, 2.75) is 0 Å². The lowest BCUT2D eigenvalue weighted by molar-refractivity contribution is 0.892. The van der Waals surface area contributed by atoms with Crippen molar-refractivity contribution in [3.05, 3.63) is 98.0 Å². The fourth-order valence-corrected chi connectivity index (χ4v) is 2.87. The van der Waals surface area contributed by atoms with Crippen LogP contribution in [0.1, 0.15) is 11.1 Å². The van der Waals surface area contributed by atoms with Crippen molar-refractivity contribution in [3.63, 3.8) is 0 Å². The summed E-state index contributed by atoms with van der Waals surface area (Å²) in [6.07, 6.45) is 2.61. The molecule has 0 aliphatic heterocycles. The number of nitrogens with zero attached hydrogens (tertiary/aromatic N) is 3. The highest BCUT2D eigenvalue weighted by Gasteiger charge is 2.13. The summed E-state index contributed by atoms with van der Waals surface area (Å²) in [7, 11) is 0. The monoisotopic (exact) mass is 374 g/mol. The molecule has 0 radical (unpaired) electrons. The first-order valence-electron chi connectivity index (χ1n) is 7.95. The normalized spacial score (nSPS) is 10.4. The van der Waals surface area contributed by atoms with Gasteiger partial charge in [0, 0.05) is 17.3 Å². The first-order valence-corrected chi connectivity index (χ1v) is 8.33. The van der Waals surface area contributed by atoms with E-state index in [0.29, 0.717) is 5.56 Å². The second-order valence-electron chi connectivity index (χ2n) is 5.64. The Balaban J connectivity index is 1.81. The highest BCUT2D eigenvalue weighted by molar-refractivity contribution is 6.32. The van der Waals surface area contributed by atoms with Crippen LogP contribution in [-0.4, -0.2) is 19.5 Å². The average molecular weight is 375 g/mol. The predicted molar refractivity (Wildman–Crippen MR) is 103 cm³/mol. The molecule has 2 aromatic carbocycles. The van der Waals surface area contributed by atoms with Crippen molar-refractivity contribution < 1.29 is 0 Å². The molecule has 0 aliphatic carbocycles. The Morgan fingerprint density at radius 2 is 1.78 bits per heavy atom. The minimum absolute atomic E-state index is 0.178. The van der Waals surface area contributed by atoms with Crippen molar-refractivity contribution >= 4 is 22.6 Å². The largest absolute Gasteiger partial charge is 0.334 e. The van der Waals surface area contributed by atoms with Gasteiger partial charge in [0.1, 0.15) is 17.4 Å². The summed E-state index contributed by atoms with van der Waals surface area (Å²) in [5, 5.41) is 0.430. The van der Waals surface area contributed by atoms with Crippen LogP contribution in [0.2, 0.25) is 5.02 Å². The molecule has 0 aliphatic rings. The highest BCUT2D eigenvalue weighted by atomic mass is 35.5. The van der Waals surface area contributed by atoms with E-state index in [4.69, 9.17) is 11.6 Å². The highest BCUT2D eigenvalue weighted by Crippen LogP contribution is 2.20. The molecule has 130 valence electrons. The minimum atomic E-state index is -0.629. The third kappa shape index (κ3) is 3.24. The zero-order valence-electron chi connectivity index (χ0n) is 13.8. The van der Waals surface area contributed by atoms with Gasteiger partial charge in [0.2, 0.25) is 0 Å². The van der Waals surface area contributed by atoms with Gasteiger partial charge in [0.25, 0.3) is 5.56 Å². The summed E-state index contributed by atoms with van der Waals surface area (Å²) in [5.74, 6) is 6.04. The molecule has 2 aromatic heterocycles. The molecule has 4 aromatic rings. The van der Waals surface area contributed by atoms with E-state index >= 15 is 0 Å². The third-order valence-corrected chi connectivity index (χ3v) is 4.19. The number of hydrogen-bond acceptors (Lipinski definition) is 4. The Morgan fingerprint density at radius 1 is 1.00 bits per heavy atom. The Morgan fingerprint density at radius 3 is 2.56 bits per heavy atom. The molecule has 27 heavy (non-hydrogen) atoms. The molecule has 6 nitrogen and oxygen atoms in total. The Kier molecular flexibility index (Phi) is 4.29. The molecule has 0 saturated carbocycles. The van der Waals surface area contributed by atoms with Gasteiger partial charge in [-0.15, -0.1) is 0 Å². The molecule has 4 rings (SSSR count). The Labute approximate surface area is 158 Å². The molecule has 1 N–H and O–H groups in total. The SMILES string of the molecule is O=c1[nH]c2ncncc2c(=O)n1-c1ccc(C#Cc2ccccc2)cc1Cl. The van der Waals surface area contributed by atoms with Crippen LogP contribution in [0.3, 0.4) is 0 Å². The average Bonchev–Trinajstić information content (AvgIpc) is 2.68. The number of rotatable bonds is 1. The first kappa shape index (κ1) is 16.8. The Hall–Kier alpha value is -3.69. The lowest BCUT2D eigenvalue weighted by Gasteiger charge is -2.08. The lowest BCUT2D eigenvalue weighted by Crippen LogP contribution is -2.34. The van der Waals surface area contributed by atoms with E-state index in [1.807, 2.05) is 30.3 Å². The molecule has 7 heteroatoms. The van der Waals surface area contributed by atoms with Crippen molar-refractivity contribution in [1.29, 1.82) is 0 Å². The fourth-order valence-electron chi connectivity index (χ4n) is 2.61. The zero-order valence-corrected chi connectivity index (χ0v) is 14.6. The molecule has 0 unspecified atom stereocenters. The maximum atomic E-state index is 12.7. The molecular weight excluding hydrogens is 364 g/mol. The second kappa shape index (κ2) is 6.90. The van der Waals surface area contributed by atoms with Crippen LogP contribution in [0.25, 0.3) is 16.7 Å². The van der Waals surface area contributed by atoms with Gasteiger partial charge in [0.15, 0.2) is 0 Å². The molecular formula is C20H11ClN4O2. The number of hydrogen-bond donors (Lipinski definition) is 1. The second-order valence-corrected chi connectivity index (χ2v) is 6.05. The topological polar surface area (TPSA) is 80.6 Å². The molecule has 0 saturated heterocycles. The van der Waals surface area contributed by atoms with Gasteiger partial charge in [-0.3, -0.25) is 9.78 Å². The predicted octanol–water partition coefficient (Wildman–Crippen LogP) is 2.52. The summed E-state index contributed by atoms with van der Waals surface area (Å²) in [6, 6.07) is 14.4. The Bertz CT molecular complexity index is 1330. The van der Waals surface area contributed by atoms with Gasteiger partial charge in [-0.05, 0) is 30.3 Å². The number of H-pyrrole nitrogens is 1. The van der Waals surface area contributed by atoms with Gasteiger partial charge >= 0.3 is 5.69 Å². The molecule has 2 heterocycles. The molecule has 0 atom stereocenters. The summed E-state index contributed by atoms with van der Waals surface area (Å²) in [5.41, 5.74) is 0.813. The van der Waals surface area contributed by atoms with Crippen molar-refractivity contribution in [3.8, 4) is 17.5 Å². The number of benzene rings is 2. The lowest BCUT2D eigenvalue weighted by atomic mass is 10.1. The van der Waals surface area contributed by atoms with E-state index in [2.05, 4.69) is 26.8 Å². The molecule has 0 bridgehead atoms. The van der Waals surface area contributed by atoms with E-state index in [9.17, 15) is 9.59 Å². The van der Waals surface area contributed by atoms with E-state index in [1.165, 1.54) is 12.5 Å². The van der Waals surface area contributed by atoms with E-state index in [-0.39, 0.29) is 21.7 Å². The quantitative estimate of drug-likeness (QED) is 0.519. The third-order valence-electron chi connectivity index (χ3n) is 3.89. The van der Waals surface area contributed by atoms with Crippen LogP contribution in [0.15, 0.2) is 70.6 Å². The zero-order chi connectivity index (χ0) is 18.8. The molecule has 0 fully saturated rings. The smallest absolute Gasteiger partial charge is 0.291 e. The fraction of sp³-hybridized carbons (Fsp3) is 0. The van der Waals surface area contributed by atoms with Crippen LogP contribution in [-0.2, 0) is 0 Å². The van der Waals surface area contributed by atoms with Crippen LogP contribution in [0.4, 0.5) is 0 Å². The van der Waals surface area contributed by atoms with E-state index < -0.39 is 11.2 Å². The molecule has 0 amide bonds. The van der Waals surface area contributed by atoms with Gasteiger partial charge in [-0.2, -0.15) is 0 Å². The van der Waals surface area contributed by atoms with Gasteiger partial charge in [0.05, 0.1) is 10.7 Å². The standard InChI is InChI=1S/C20H11ClN4O2/c21-16-10-14(7-6-13-4-2-1-3-5-13)8-9-17(16)25-19(26)15-11-22-12-23-18(15)24-20(25)27/h1-5,8-12H,(H,22,23,24,27). The minimum Gasteiger partial charge on any atom is -0.291 e. The van der Waals surface area contributed by atoms with E-state index in [1.54, 1.807) is 18.2 Å². The number of fused-ring (bicyclic) bond motifs is 1. The summed E-state index contributed by atoms with van der Waals surface area (Å²) < 4.78 is 0.961. The van der Waals surface area contributed by atoms with Crippen LogP contribution in [0.5, 0.6) is 0 Å². The van der Waals surface area contributed by atoms with Crippen molar-refractivity contribution in [1.82, 2.24) is 19.5 Å².